The van der Waals surface area contributed by atoms with Gasteiger partial charge in [-0.05, 0) is 52.6 Å². The number of aryl methyl sites for hydroxylation is 2. The Labute approximate surface area is 146 Å². The number of halogens is 2. The molecule has 0 aromatic carbocycles. The van der Waals surface area contributed by atoms with Crippen LogP contribution in [0.3, 0.4) is 0 Å². The third kappa shape index (κ3) is 3.12. The molecule has 0 saturated carbocycles. The average Bonchev–Trinajstić information content (AvgIpc) is 2.93. The zero-order valence-electron chi connectivity index (χ0n) is 13.3. The molecule has 1 atom stereocenters. The fraction of sp³-hybridized carbons (Fsp3) is 0.500. The maximum absolute atomic E-state index is 12.7. The van der Waals surface area contributed by atoms with E-state index in [0.29, 0.717) is 6.54 Å². The van der Waals surface area contributed by atoms with Gasteiger partial charge >= 0.3 is 0 Å². The van der Waals surface area contributed by atoms with Gasteiger partial charge in [0.1, 0.15) is 6.04 Å². The molecule has 1 unspecified atom stereocenters. The number of hydrogen-bond donors (Lipinski definition) is 0. The van der Waals surface area contributed by atoms with Crippen molar-refractivity contribution in [3.8, 4) is 0 Å². The van der Waals surface area contributed by atoms with E-state index in [4.69, 9.17) is 0 Å². The summed E-state index contributed by atoms with van der Waals surface area (Å²) >= 11 is 6.95. The van der Waals surface area contributed by atoms with Crippen LogP contribution in [0.25, 0.3) is 0 Å². The van der Waals surface area contributed by atoms with E-state index in [0.717, 1.165) is 26.0 Å². The summed E-state index contributed by atoms with van der Waals surface area (Å²) in [6.07, 6.45) is 1.73. The van der Waals surface area contributed by atoms with Crippen molar-refractivity contribution in [2.24, 2.45) is 7.05 Å². The van der Waals surface area contributed by atoms with Gasteiger partial charge in [-0.1, -0.05) is 0 Å². The van der Waals surface area contributed by atoms with Crippen LogP contribution in [0, 0.1) is 13.8 Å². The first kappa shape index (κ1) is 17.2. The molecule has 120 valence electrons. The minimum Gasteiger partial charge on any atom is -0.338 e. The lowest BCUT2D eigenvalue weighted by molar-refractivity contribution is -0.133. The molecule has 2 heterocycles. The normalized spacial score (nSPS) is 12.5. The summed E-state index contributed by atoms with van der Waals surface area (Å²) in [5.74, 6) is 0.00574. The van der Waals surface area contributed by atoms with Gasteiger partial charge in [0.25, 0.3) is 0 Å². The highest BCUT2D eigenvalue weighted by atomic mass is 79.9. The van der Waals surface area contributed by atoms with Crippen molar-refractivity contribution in [2.75, 3.05) is 7.05 Å². The van der Waals surface area contributed by atoms with E-state index in [1.54, 1.807) is 27.5 Å². The summed E-state index contributed by atoms with van der Waals surface area (Å²) in [5, 5.41) is 8.61. The van der Waals surface area contributed by atoms with E-state index < -0.39 is 0 Å². The highest BCUT2D eigenvalue weighted by Crippen LogP contribution is 2.24. The number of carbonyl (C=O) groups is 1. The molecule has 0 fully saturated rings. The minimum absolute atomic E-state index is 0.00574. The summed E-state index contributed by atoms with van der Waals surface area (Å²) < 4.78 is 5.37. The van der Waals surface area contributed by atoms with Crippen LogP contribution in [0.2, 0.25) is 0 Å². The Balaban J connectivity index is 2.18. The molecule has 2 aromatic heterocycles. The molecule has 6 nitrogen and oxygen atoms in total. The van der Waals surface area contributed by atoms with Crippen molar-refractivity contribution < 1.29 is 4.79 Å². The molecule has 0 aliphatic heterocycles. The van der Waals surface area contributed by atoms with Crippen molar-refractivity contribution >= 4 is 37.8 Å². The minimum atomic E-state index is -0.359. The standard InChI is InChI=1S/C14H19Br2N5O/c1-8-13(16)9(2)21(18-8)10(3)14(22)19(4)7-12-11(15)6-17-20(12)5/h6,10H,7H2,1-5H3. The first-order chi connectivity index (χ1) is 10.2. The van der Waals surface area contributed by atoms with Crippen molar-refractivity contribution in [3.63, 3.8) is 0 Å². The third-order valence-corrected chi connectivity index (χ3v) is 5.54. The van der Waals surface area contributed by atoms with E-state index in [1.807, 2.05) is 27.8 Å². The zero-order valence-corrected chi connectivity index (χ0v) is 16.4. The largest absolute Gasteiger partial charge is 0.338 e. The number of nitrogens with zero attached hydrogens (tertiary/aromatic N) is 5. The number of likely N-dealkylation sites (N-methyl/N-ethyl adjacent to an activating group) is 1. The van der Waals surface area contributed by atoms with Gasteiger partial charge in [0, 0.05) is 14.1 Å². The monoisotopic (exact) mass is 431 g/mol. The highest BCUT2D eigenvalue weighted by molar-refractivity contribution is 9.10. The number of aromatic nitrogens is 4. The topological polar surface area (TPSA) is 56.0 Å². The van der Waals surface area contributed by atoms with Crippen LogP contribution in [0.1, 0.15) is 30.0 Å². The van der Waals surface area contributed by atoms with Crippen molar-refractivity contribution in [3.05, 3.63) is 32.2 Å². The Morgan fingerprint density at radius 2 is 2.05 bits per heavy atom. The second-order valence-electron chi connectivity index (χ2n) is 5.36. The molecule has 22 heavy (non-hydrogen) atoms. The molecule has 0 spiro atoms. The van der Waals surface area contributed by atoms with E-state index in [-0.39, 0.29) is 11.9 Å². The van der Waals surface area contributed by atoms with Gasteiger partial charge in [0.05, 0.1) is 38.8 Å². The molecule has 8 heteroatoms. The summed E-state index contributed by atoms with van der Waals surface area (Å²) in [6.45, 7) is 6.22. The molecule has 2 rings (SSSR count). The van der Waals surface area contributed by atoms with Gasteiger partial charge in [-0.2, -0.15) is 10.2 Å². The van der Waals surface area contributed by atoms with Crippen molar-refractivity contribution in [1.29, 1.82) is 0 Å². The third-order valence-electron chi connectivity index (χ3n) is 3.73. The second-order valence-corrected chi connectivity index (χ2v) is 7.01. The summed E-state index contributed by atoms with van der Waals surface area (Å²) in [6, 6.07) is -0.359. The van der Waals surface area contributed by atoms with Gasteiger partial charge in [0.2, 0.25) is 5.91 Å². The molecule has 0 aliphatic rings. The quantitative estimate of drug-likeness (QED) is 0.746. The molecule has 0 N–H and O–H groups in total. The first-order valence-electron chi connectivity index (χ1n) is 6.86. The molecule has 0 aliphatic carbocycles. The lowest BCUT2D eigenvalue weighted by Crippen LogP contribution is -2.34. The van der Waals surface area contributed by atoms with Gasteiger partial charge in [-0.25, -0.2) is 0 Å². The van der Waals surface area contributed by atoms with Crippen LogP contribution in [-0.2, 0) is 18.4 Å². The highest BCUT2D eigenvalue weighted by Gasteiger charge is 2.24. The van der Waals surface area contributed by atoms with Crippen molar-refractivity contribution in [2.45, 2.75) is 33.4 Å². The van der Waals surface area contributed by atoms with Gasteiger partial charge in [-0.15, -0.1) is 0 Å². The fourth-order valence-electron chi connectivity index (χ4n) is 2.36. The molecule has 0 saturated heterocycles. The van der Waals surface area contributed by atoms with E-state index in [2.05, 4.69) is 42.1 Å². The Bertz CT molecular complexity index is 687. The molecular formula is C14H19Br2N5O. The Morgan fingerprint density at radius 3 is 2.50 bits per heavy atom. The number of carbonyl (C=O) groups excluding carboxylic acids is 1. The second kappa shape index (κ2) is 6.54. The lowest BCUT2D eigenvalue weighted by atomic mass is 10.2. The van der Waals surface area contributed by atoms with Gasteiger partial charge < -0.3 is 4.90 Å². The zero-order chi connectivity index (χ0) is 16.6. The van der Waals surface area contributed by atoms with Gasteiger partial charge in [-0.3, -0.25) is 14.2 Å². The van der Waals surface area contributed by atoms with Crippen LogP contribution < -0.4 is 0 Å². The predicted molar refractivity (Wildman–Crippen MR) is 91.5 cm³/mol. The average molecular weight is 433 g/mol. The molecule has 2 aromatic rings. The van der Waals surface area contributed by atoms with Crippen LogP contribution in [0.15, 0.2) is 15.1 Å². The van der Waals surface area contributed by atoms with Crippen LogP contribution in [-0.4, -0.2) is 37.4 Å². The molecule has 1 amide bonds. The molecule has 0 radical (unpaired) electrons. The lowest BCUT2D eigenvalue weighted by Gasteiger charge is -2.22. The van der Waals surface area contributed by atoms with Crippen LogP contribution in [0.5, 0.6) is 0 Å². The Morgan fingerprint density at radius 1 is 1.41 bits per heavy atom. The maximum atomic E-state index is 12.7. The van der Waals surface area contributed by atoms with E-state index in [1.165, 1.54) is 0 Å². The number of amides is 1. The van der Waals surface area contributed by atoms with Crippen LogP contribution in [0.4, 0.5) is 0 Å². The molecule has 0 bridgehead atoms. The predicted octanol–water partition coefficient (Wildman–Crippen LogP) is 2.98. The molecular weight excluding hydrogens is 414 g/mol. The van der Waals surface area contributed by atoms with E-state index >= 15 is 0 Å². The van der Waals surface area contributed by atoms with Crippen LogP contribution >= 0.6 is 31.9 Å². The Hall–Kier alpha value is -1.15. The smallest absolute Gasteiger partial charge is 0.247 e. The Kier molecular flexibility index (Phi) is 5.11. The SMILES string of the molecule is Cc1nn(C(C)C(=O)N(C)Cc2c(Br)cnn2C)c(C)c1Br. The van der Waals surface area contributed by atoms with Gasteiger partial charge in [0.15, 0.2) is 0 Å². The number of rotatable bonds is 4. The van der Waals surface area contributed by atoms with Crippen molar-refractivity contribution in [1.82, 2.24) is 24.5 Å². The number of hydrogen-bond acceptors (Lipinski definition) is 3. The van der Waals surface area contributed by atoms with E-state index in [9.17, 15) is 4.79 Å². The first-order valence-corrected chi connectivity index (χ1v) is 8.45. The fourth-order valence-corrected chi connectivity index (χ4v) is 3.09. The summed E-state index contributed by atoms with van der Waals surface area (Å²) in [4.78, 5) is 14.4. The maximum Gasteiger partial charge on any atom is 0.247 e. The summed E-state index contributed by atoms with van der Waals surface area (Å²) in [5.41, 5.74) is 2.79. The summed E-state index contributed by atoms with van der Waals surface area (Å²) in [7, 11) is 3.65.